The summed E-state index contributed by atoms with van der Waals surface area (Å²) < 4.78 is 14.9. The zero-order valence-electron chi connectivity index (χ0n) is 8.62. The van der Waals surface area contributed by atoms with E-state index < -0.39 is 14.3 Å². The summed E-state index contributed by atoms with van der Waals surface area (Å²) in [5, 5.41) is 0.0644. The number of nitrogens with zero attached hydrogens (tertiary/aromatic N) is 4. The molecule has 0 aromatic carbocycles. The molecule has 0 spiro atoms. The van der Waals surface area contributed by atoms with Gasteiger partial charge in [0, 0.05) is 0 Å². The molecule has 2 heterocycles. The third-order valence-electron chi connectivity index (χ3n) is 2.05. The Kier molecular flexibility index (Phi) is 2.27. The fourth-order valence-electron chi connectivity index (χ4n) is 1.33. The highest BCUT2D eigenvalue weighted by molar-refractivity contribution is 6.75. The first-order chi connectivity index (χ1) is 6.89. The average Bonchev–Trinajstić information content (AvgIpc) is 2.45. The molecule has 2 aromatic heterocycles. The molecule has 15 heavy (non-hydrogen) atoms. The van der Waals surface area contributed by atoms with Crippen molar-refractivity contribution in [3.8, 4) is 0 Å². The highest BCUT2D eigenvalue weighted by atomic mass is 35.5. The maximum atomic E-state index is 13.0. The molecular formula is C8H10ClFN4Si. The van der Waals surface area contributed by atoms with E-state index in [-0.39, 0.29) is 5.15 Å². The summed E-state index contributed by atoms with van der Waals surface area (Å²) in [7, 11) is -1.65. The third kappa shape index (κ3) is 1.74. The van der Waals surface area contributed by atoms with Crippen molar-refractivity contribution in [3.05, 3.63) is 17.6 Å². The molecule has 0 atom stereocenters. The minimum atomic E-state index is -1.65. The maximum Gasteiger partial charge on any atom is 0.312 e. The lowest BCUT2D eigenvalue weighted by atomic mass is 10.6. The lowest BCUT2D eigenvalue weighted by molar-refractivity contribution is 0.543. The molecule has 2 aromatic rings. The summed E-state index contributed by atoms with van der Waals surface area (Å²) >= 11 is 5.77. The van der Waals surface area contributed by atoms with Crippen molar-refractivity contribution in [3.63, 3.8) is 0 Å². The van der Waals surface area contributed by atoms with Gasteiger partial charge in [-0.05, 0) is 0 Å². The van der Waals surface area contributed by atoms with E-state index in [1.807, 2.05) is 4.23 Å². The average molecular weight is 245 g/mol. The first kappa shape index (κ1) is 10.5. The second-order valence-corrected chi connectivity index (χ2v) is 9.42. The van der Waals surface area contributed by atoms with Gasteiger partial charge in [0.2, 0.25) is 0 Å². The summed E-state index contributed by atoms with van der Waals surface area (Å²) in [5.41, 5.74) is 0.937. The number of fused-ring (bicyclic) bond motifs is 1. The van der Waals surface area contributed by atoms with Crippen LogP contribution in [0.4, 0.5) is 4.39 Å². The van der Waals surface area contributed by atoms with Crippen LogP contribution in [0.1, 0.15) is 0 Å². The molecule has 2 rings (SSSR count). The van der Waals surface area contributed by atoms with E-state index in [1.165, 1.54) is 0 Å². The second-order valence-electron chi connectivity index (χ2n) is 4.24. The van der Waals surface area contributed by atoms with Crippen LogP contribution in [0, 0.1) is 6.08 Å². The molecular weight excluding hydrogens is 235 g/mol. The van der Waals surface area contributed by atoms with Crippen LogP contribution >= 0.6 is 11.6 Å². The lowest BCUT2D eigenvalue weighted by Crippen LogP contribution is -2.31. The normalized spacial score (nSPS) is 12.3. The molecule has 80 valence electrons. The minimum Gasteiger partial charge on any atom is -0.344 e. The SMILES string of the molecule is C[Si](C)(C)n1cnc2c(Cl)nc(F)nc21. The summed E-state index contributed by atoms with van der Waals surface area (Å²) in [6.07, 6.45) is 0.837. The topological polar surface area (TPSA) is 43.6 Å². The number of hydrogen-bond donors (Lipinski definition) is 0. The highest BCUT2D eigenvalue weighted by Gasteiger charge is 2.21. The lowest BCUT2D eigenvalue weighted by Gasteiger charge is -2.17. The molecule has 0 aliphatic carbocycles. The maximum absolute atomic E-state index is 13.0. The Balaban J connectivity index is 2.80. The number of aromatic nitrogens is 4. The van der Waals surface area contributed by atoms with E-state index in [0.29, 0.717) is 11.2 Å². The van der Waals surface area contributed by atoms with E-state index in [2.05, 4.69) is 34.6 Å². The third-order valence-corrected chi connectivity index (χ3v) is 4.09. The Bertz CT molecular complexity index is 519. The van der Waals surface area contributed by atoms with Gasteiger partial charge < -0.3 is 4.23 Å². The smallest absolute Gasteiger partial charge is 0.312 e. The van der Waals surface area contributed by atoms with Crippen molar-refractivity contribution in [2.24, 2.45) is 0 Å². The van der Waals surface area contributed by atoms with Gasteiger partial charge in [0.25, 0.3) is 0 Å². The molecule has 0 radical (unpaired) electrons. The van der Waals surface area contributed by atoms with Crippen molar-refractivity contribution in [1.82, 2.24) is 19.2 Å². The van der Waals surface area contributed by atoms with Gasteiger partial charge in [0.05, 0.1) is 6.33 Å². The van der Waals surface area contributed by atoms with E-state index in [4.69, 9.17) is 11.6 Å². The van der Waals surface area contributed by atoms with Crippen LogP contribution in [0.15, 0.2) is 6.33 Å². The zero-order chi connectivity index (χ0) is 11.2. The molecule has 0 aliphatic rings. The zero-order valence-corrected chi connectivity index (χ0v) is 10.4. The van der Waals surface area contributed by atoms with Crippen molar-refractivity contribution < 1.29 is 4.39 Å². The molecule has 0 unspecified atom stereocenters. The molecule has 0 N–H and O–H groups in total. The number of hydrogen-bond acceptors (Lipinski definition) is 3. The molecule has 0 saturated carbocycles. The van der Waals surface area contributed by atoms with Crippen LogP contribution in [0.25, 0.3) is 11.2 Å². The van der Waals surface area contributed by atoms with Gasteiger partial charge in [-0.15, -0.1) is 0 Å². The molecule has 0 aliphatic heterocycles. The molecule has 7 heteroatoms. The monoisotopic (exact) mass is 244 g/mol. The standard InChI is InChI=1S/C8H10ClFN4Si/c1-15(2,3)14-4-11-5-6(9)12-8(10)13-7(5)14/h4H,1-3H3. The molecule has 0 fully saturated rings. The largest absolute Gasteiger partial charge is 0.344 e. The number of imidazole rings is 1. The summed E-state index contributed by atoms with van der Waals surface area (Å²) in [4.78, 5) is 11.3. The number of rotatable bonds is 1. The van der Waals surface area contributed by atoms with Crippen LogP contribution < -0.4 is 0 Å². The summed E-state index contributed by atoms with van der Waals surface area (Å²) in [6.45, 7) is 6.34. The summed E-state index contributed by atoms with van der Waals surface area (Å²) in [6, 6.07) is 0. The van der Waals surface area contributed by atoms with Gasteiger partial charge in [-0.2, -0.15) is 14.4 Å². The Morgan fingerprint density at radius 3 is 2.60 bits per heavy atom. The van der Waals surface area contributed by atoms with Gasteiger partial charge in [-0.3, -0.25) is 0 Å². The first-order valence-corrected chi connectivity index (χ1v) is 8.28. The van der Waals surface area contributed by atoms with Crippen LogP contribution in [-0.2, 0) is 0 Å². The van der Waals surface area contributed by atoms with E-state index >= 15 is 0 Å². The van der Waals surface area contributed by atoms with Crippen LogP contribution in [0.3, 0.4) is 0 Å². The predicted octanol–water partition coefficient (Wildman–Crippen LogP) is 2.30. The van der Waals surface area contributed by atoms with Gasteiger partial charge in [-0.1, -0.05) is 31.2 Å². The quantitative estimate of drug-likeness (QED) is 0.439. The Hall–Kier alpha value is -1.01. The van der Waals surface area contributed by atoms with Gasteiger partial charge in [-0.25, -0.2) is 4.98 Å². The minimum absolute atomic E-state index is 0.0644. The highest BCUT2D eigenvalue weighted by Crippen LogP contribution is 2.21. The fourth-order valence-corrected chi connectivity index (χ4v) is 2.73. The Morgan fingerprint density at radius 1 is 1.33 bits per heavy atom. The van der Waals surface area contributed by atoms with Gasteiger partial charge in [0.1, 0.15) is 5.52 Å². The van der Waals surface area contributed by atoms with Gasteiger partial charge in [0.15, 0.2) is 19.0 Å². The predicted molar refractivity (Wildman–Crippen MR) is 59.0 cm³/mol. The van der Waals surface area contributed by atoms with Crippen molar-refractivity contribution in [2.75, 3.05) is 0 Å². The van der Waals surface area contributed by atoms with Gasteiger partial charge >= 0.3 is 6.08 Å². The molecule has 0 amide bonds. The fraction of sp³-hybridized carbons (Fsp3) is 0.375. The Labute approximate surface area is 92.2 Å². The van der Waals surface area contributed by atoms with Crippen LogP contribution in [0.2, 0.25) is 24.8 Å². The molecule has 4 nitrogen and oxygen atoms in total. The first-order valence-electron chi connectivity index (χ1n) is 4.46. The summed E-state index contributed by atoms with van der Waals surface area (Å²) in [5.74, 6) is 0. The van der Waals surface area contributed by atoms with Crippen molar-refractivity contribution in [1.29, 1.82) is 0 Å². The van der Waals surface area contributed by atoms with Crippen molar-refractivity contribution in [2.45, 2.75) is 19.6 Å². The van der Waals surface area contributed by atoms with Crippen LogP contribution in [0.5, 0.6) is 0 Å². The van der Waals surface area contributed by atoms with Crippen molar-refractivity contribution >= 4 is 31.0 Å². The number of halogens is 2. The van der Waals surface area contributed by atoms with E-state index in [0.717, 1.165) is 0 Å². The van der Waals surface area contributed by atoms with E-state index in [9.17, 15) is 4.39 Å². The van der Waals surface area contributed by atoms with Crippen LogP contribution in [-0.4, -0.2) is 27.4 Å². The van der Waals surface area contributed by atoms with E-state index in [1.54, 1.807) is 6.33 Å². The second kappa shape index (κ2) is 3.24. The molecule has 0 saturated heterocycles. The Morgan fingerprint density at radius 2 is 2.00 bits per heavy atom. The molecule has 0 bridgehead atoms.